The summed E-state index contributed by atoms with van der Waals surface area (Å²) in [5.74, 6) is 0.268. The van der Waals surface area contributed by atoms with Gasteiger partial charge in [-0.25, -0.2) is 0 Å². The van der Waals surface area contributed by atoms with Crippen molar-refractivity contribution in [2.45, 2.75) is 70.4 Å². The molecule has 2 amide bonds. The maximum atomic E-state index is 12.3. The Morgan fingerprint density at radius 3 is 2.52 bits per heavy atom. The minimum atomic E-state index is -0.449. The summed E-state index contributed by atoms with van der Waals surface area (Å²) in [6.45, 7) is 2.82. The van der Waals surface area contributed by atoms with E-state index in [4.69, 9.17) is 0 Å². The van der Waals surface area contributed by atoms with Gasteiger partial charge in [-0.15, -0.1) is 0 Å². The lowest BCUT2D eigenvalue weighted by Crippen LogP contribution is -2.53. The molecule has 0 radical (unpaired) electrons. The highest BCUT2D eigenvalue weighted by molar-refractivity contribution is 5.87. The Morgan fingerprint density at radius 1 is 1.19 bits per heavy atom. The summed E-state index contributed by atoms with van der Waals surface area (Å²) in [6, 6.07) is -0.345. The molecule has 0 spiro atoms. The number of likely N-dealkylation sites (tertiary alicyclic amines) is 1. The van der Waals surface area contributed by atoms with E-state index in [-0.39, 0.29) is 17.9 Å². The Hall–Kier alpha value is -1.10. The SMILES string of the molecule is CCC(=O)N1CCCCC1C(=O)NCC(O)C1CCCC1. The molecule has 2 atom stereocenters. The largest absolute Gasteiger partial charge is 0.391 e. The molecule has 2 rings (SSSR count). The fraction of sp³-hybridized carbons (Fsp3) is 0.875. The van der Waals surface area contributed by atoms with Crippen molar-refractivity contribution in [3.63, 3.8) is 0 Å². The first kappa shape index (κ1) is 16.3. The number of amides is 2. The van der Waals surface area contributed by atoms with Crippen LogP contribution in [0, 0.1) is 5.92 Å². The number of rotatable bonds is 5. The molecule has 21 heavy (non-hydrogen) atoms. The molecule has 0 aromatic carbocycles. The molecule has 2 aliphatic rings. The maximum Gasteiger partial charge on any atom is 0.242 e. The highest BCUT2D eigenvalue weighted by Crippen LogP contribution is 2.27. The molecule has 1 aliphatic carbocycles. The van der Waals surface area contributed by atoms with Crippen LogP contribution < -0.4 is 5.32 Å². The molecular weight excluding hydrogens is 268 g/mol. The lowest BCUT2D eigenvalue weighted by molar-refractivity contribution is -0.142. The van der Waals surface area contributed by atoms with Crippen LogP contribution in [0.3, 0.4) is 0 Å². The van der Waals surface area contributed by atoms with Crippen molar-refractivity contribution in [3.8, 4) is 0 Å². The number of carbonyl (C=O) groups excluding carboxylic acids is 2. The Morgan fingerprint density at radius 2 is 1.86 bits per heavy atom. The van der Waals surface area contributed by atoms with Crippen LogP contribution in [0.1, 0.15) is 58.3 Å². The predicted octanol–water partition coefficient (Wildman–Crippen LogP) is 1.44. The summed E-state index contributed by atoms with van der Waals surface area (Å²) in [4.78, 5) is 26.0. The summed E-state index contributed by atoms with van der Waals surface area (Å²) in [6.07, 6.45) is 7.15. The number of nitrogens with one attached hydrogen (secondary N) is 1. The van der Waals surface area contributed by atoms with Crippen LogP contribution in [-0.4, -0.2) is 47.1 Å². The predicted molar refractivity (Wildman–Crippen MR) is 80.6 cm³/mol. The van der Waals surface area contributed by atoms with Crippen LogP contribution in [-0.2, 0) is 9.59 Å². The number of hydrogen-bond donors (Lipinski definition) is 2. The van der Waals surface area contributed by atoms with Crippen LogP contribution in [0.15, 0.2) is 0 Å². The van der Waals surface area contributed by atoms with Gasteiger partial charge in [-0.05, 0) is 38.0 Å². The first-order valence-corrected chi connectivity index (χ1v) is 8.38. The van der Waals surface area contributed by atoms with Crippen LogP contribution in [0.2, 0.25) is 0 Å². The van der Waals surface area contributed by atoms with Crippen molar-refractivity contribution in [3.05, 3.63) is 0 Å². The van der Waals surface area contributed by atoms with Gasteiger partial charge in [0, 0.05) is 19.5 Å². The number of carbonyl (C=O) groups is 2. The topological polar surface area (TPSA) is 69.6 Å². The van der Waals surface area contributed by atoms with Gasteiger partial charge in [0.2, 0.25) is 11.8 Å². The van der Waals surface area contributed by atoms with Gasteiger partial charge in [0.25, 0.3) is 0 Å². The third kappa shape index (κ3) is 4.19. The Labute approximate surface area is 127 Å². The minimum Gasteiger partial charge on any atom is -0.391 e. The van der Waals surface area contributed by atoms with Gasteiger partial charge in [0.15, 0.2) is 0 Å². The fourth-order valence-electron chi connectivity index (χ4n) is 3.54. The molecule has 2 N–H and O–H groups in total. The first-order chi connectivity index (χ1) is 10.1. The molecule has 1 aliphatic heterocycles. The number of aliphatic hydroxyl groups is 1. The summed E-state index contributed by atoms with van der Waals surface area (Å²) in [5.41, 5.74) is 0. The van der Waals surface area contributed by atoms with Crippen molar-refractivity contribution in [2.24, 2.45) is 5.92 Å². The fourth-order valence-corrected chi connectivity index (χ4v) is 3.54. The van der Waals surface area contributed by atoms with E-state index in [2.05, 4.69) is 5.32 Å². The van der Waals surface area contributed by atoms with Gasteiger partial charge in [0.1, 0.15) is 6.04 Å². The van der Waals surface area contributed by atoms with E-state index in [9.17, 15) is 14.7 Å². The van der Waals surface area contributed by atoms with E-state index in [0.717, 1.165) is 32.1 Å². The molecular formula is C16H28N2O3. The zero-order valence-corrected chi connectivity index (χ0v) is 13.0. The zero-order chi connectivity index (χ0) is 15.2. The highest BCUT2D eigenvalue weighted by Gasteiger charge is 2.32. The van der Waals surface area contributed by atoms with Crippen molar-refractivity contribution in [1.82, 2.24) is 10.2 Å². The standard InChI is InChI=1S/C16H28N2O3/c1-2-15(20)18-10-6-5-9-13(18)16(21)17-11-14(19)12-7-3-4-8-12/h12-14,19H,2-11H2,1H3,(H,17,21). The van der Waals surface area contributed by atoms with Crippen molar-refractivity contribution in [1.29, 1.82) is 0 Å². The third-order valence-electron chi connectivity index (χ3n) is 4.86. The van der Waals surface area contributed by atoms with E-state index in [0.29, 0.717) is 25.4 Å². The number of hydrogen-bond acceptors (Lipinski definition) is 3. The quantitative estimate of drug-likeness (QED) is 0.806. The van der Waals surface area contributed by atoms with Crippen LogP contribution in [0.4, 0.5) is 0 Å². The second kappa shape index (κ2) is 7.78. The van der Waals surface area contributed by atoms with Gasteiger partial charge in [-0.1, -0.05) is 19.8 Å². The molecule has 5 heteroatoms. The molecule has 0 bridgehead atoms. The first-order valence-electron chi connectivity index (χ1n) is 8.38. The van der Waals surface area contributed by atoms with Crippen LogP contribution in [0.25, 0.3) is 0 Å². The monoisotopic (exact) mass is 296 g/mol. The minimum absolute atomic E-state index is 0.0474. The normalized spacial score (nSPS) is 24.9. The molecule has 5 nitrogen and oxygen atoms in total. The smallest absolute Gasteiger partial charge is 0.242 e. The van der Waals surface area contributed by atoms with E-state index in [1.165, 1.54) is 12.8 Å². The summed E-state index contributed by atoms with van der Waals surface area (Å²) in [7, 11) is 0. The molecule has 1 saturated heterocycles. The van der Waals surface area contributed by atoms with Gasteiger partial charge in [0.05, 0.1) is 6.10 Å². The summed E-state index contributed by atoms with van der Waals surface area (Å²) >= 11 is 0. The van der Waals surface area contributed by atoms with Crippen molar-refractivity contribution in [2.75, 3.05) is 13.1 Å². The molecule has 1 heterocycles. The Balaban J connectivity index is 1.84. The number of nitrogens with zero attached hydrogens (tertiary/aromatic N) is 1. The maximum absolute atomic E-state index is 12.3. The zero-order valence-electron chi connectivity index (χ0n) is 13.0. The van der Waals surface area contributed by atoms with E-state index < -0.39 is 6.10 Å². The second-order valence-corrected chi connectivity index (χ2v) is 6.31. The molecule has 2 fully saturated rings. The number of aliphatic hydroxyl groups excluding tert-OH is 1. The van der Waals surface area contributed by atoms with Crippen molar-refractivity contribution < 1.29 is 14.7 Å². The van der Waals surface area contributed by atoms with Gasteiger partial charge in [-0.2, -0.15) is 0 Å². The van der Waals surface area contributed by atoms with Gasteiger partial charge >= 0.3 is 0 Å². The summed E-state index contributed by atoms with van der Waals surface area (Å²) < 4.78 is 0. The van der Waals surface area contributed by atoms with Gasteiger partial charge < -0.3 is 15.3 Å². The van der Waals surface area contributed by atoms with Crippen molar-refractivity contribution >= 4 is 11.8 Å². The lowest BCUT2D eigenvalue weighted by Gasteiger charge is -2.35. The third-order valence-corrected chi connectivity index (χ3v) is 4.86. The highest BCUT2D eigenvalue weighted by atomic mass is 16.3. The molecule has 2 unspecified atom stereocenters. The lowest BCUT2D eigenvalue weighted by atomic mass is 9.99. The van der Waals surface area contributed by atoms with E-state index >= 15 is 0 Å². The average molecular weight is 296 g/mol. The van der Waals surface area contributed by atoms with Gasteiger partial charge in [-0.3, -0.25) is 9.59 Å². The number of piperidine rings is 1. The van der Waals surface area contributed by atoms with E-state index in [1.807, 2.05) is 6.92 Å². The van der Waals surface area contributed by atoms with Crippen LogP contribution in [0.5, 0.6) is 0 Å². The Kier molecular flexibility index (Phi) is 6.03. The molecule has 0 aromatic heterocycles. The molecule has 1 saturated carbocycles. The Bertz CT molecular complexity index is 367. The van der Waals surface area contributed by atoms with Crippen LogP contribution >= 0.6 is 0 Å². The molecule has 0 aromatic rings. The average Bonchev–Trinajstić information content (AvgIpc) is 3.06. The summed E-state index contributed by atoms with van der Waals surface area (Å²) in [5, 5.41) is 13.0. The van der Waals surface area contributed by atoms with E-state index in [1.54, 1.807) is 4.90 Å². The molecule has 120 valence electrons. The second-order valence-electron chi connectivity index (χ2n) is 6.31.